The van der Waals surface area contributed by atoms with Gasteiger partial charge in [0.2, 0.25) is 29.5 Å². The summed E-state index contributed by atoms with van der Waals surface area (Å²) in [6.07, 6.45) is 3.20. The Morgan fingerprint density at radius 3 is 2.19 bits per heavy atom. The van der Waals surface area contributed by atoms with Crippen LogP contribution in [0.1, 0.15) is 84.8 Å². The molecule has 0 spiro atoms. The third kappa shape index (κ3) is 13.4. The van der Waals surface area contributed by atoms with Crippen LogP contribution >= 0.6 is 0 Å². The van der Waals surface area contributed by atoms with Crippen molar-refractivity contribution in [2.24, 2.45) is 17.8 Å². The standard InChI is InChI=1S/C45H64N8O9/c1-8-27(6)38(44(60)61)52-45(62)50-33-16-12-13-19-46-39(55)34(21-28-14-10-9-11-15-28)48-41(57)36(22-29-24-47-32-18-17-30(54)23-31(29)32)53(7)43(59)35(20-25(2)3)49-42(58)37(26(4)5)51-40(33)56/h9-11,14-15,17-18,23-27,33-38,47,54H,8,12-13,16,19-22H2,1-7H3,(H,46,55)(H,48,57)(H,49,58)(H,51,56)(H,60,61)(H2,50,52,62)/t27-,33+,34+,35+,36+,37-,38?/m1/s1. The number of carbonyl (C=O) groups is 7. The number of aromatic nitrogens is 1. The van der Waals surface area contributed by atoms with E-state index in [0.717, 1.165) is 5.56 Å². The molecule has 7 atom stereocenters. The Hall–Kier alpha value is -6.13. The maximum absolute atomic E-state index is 14.6. The predicted molar refractivity (Wildman–Crippen MR) is 234 cm³/mol. The largest absolute Gasteiger partial charge is 0.508 e. The maximum Gasteiger partial charge on any atom is 0.326 e. The van der Waals surface area contributed by atoms with E-state index in [9.17, 15) is 43.8 Å². The Kier molecular flexibility index (Phi) is 17.7. The first-order valence-corrected chi connectivity index (χ1v) is 21.5. The molecule has 1 unspecified atom stereocenters. The Bertz CT molecular complexity index is 2040. The van der Waals surface area contributed by atoms with Crippen molar-refractivity contribution in [3.05, 3.63) is 65.9 Å². The van der Waals surface area contributed by atoms with Crippen LogP contribution in [0.5, 0.6) is 5.75 Å². The van der Waals surface area contributed by atoms with E-state index >= 15 is 0 Å². The van der Waals surface area contributed by atoms with Gasteiger partial charge in [-0.05, 0) is 72.8 Å². The summed E-state index contributed by atoms with van der Waals surface area (Å²) in [4.78, 5) is 101. The van der Waals surface area contributed by atoms with Gasteiger partial charge in [-0.15, -0.1) is 0 Å². The van der Waals surface area contributed by atoms with Gasteiger partial charge < -0.3 is 52.0 Å². The third-order valence-electron chi connectivity index (χ3n) is 11.4. The van der Waals surface area contributed by atoms with Crippen molar-refractivity contribution in [1.82, 2.24) is 41.8 Å². The quantitative estimate of drug-likeness (QED) is 0.130. The second-order valence-corrected chi connectivity index (χ2v) is 17.0. The first kappa shape index (κ1) is 48.5. The van der Waals surface area contributed by atoms with Crippen molar-refractivity contribution in [3.8, 4) is 5.75 Å². The number of carboxylic acid groups (broad SMARTS) is 1. The zero-order valence-electron chi connectivity index (χ0n) is 36.7. The zero-order valence-corrected chi connectivity index (χ0v) is 36.7. The summed E-state index contributed by atoms with van der Waals surface area (Å²) in [5.74, 6) is -5.25. The first-order valence-electron chi connectivity index (χ1n) is 21.5. The van der Waals surface area contributed by atoms with Crippen molar-refractivity contribution in [2.45, 2.75) is 123 Å². The number of rotatable bonds is 12. The lowest BCUT2D eigenvalue weighted by molar-refractivity contribution is -0.143. The van der Waals surface area contributed by atoms with Crippen LogP contribution in [-0.2, 0) is 41.6 Å². The molecule has 62 heavy (non-hydrogen) atoms. The molecule has 1 fully saturated rings. The second-order valence-electron chi connectivity index (χ2n) is 17.0. The number of carboxylic acids is 1. The Morgan fingerprint density at radius 2 is 1.55 bits per heavy atom. The molecule has 1 aliphatic heterocycles. The van der Waals surface area contributed by atoms with E-state index in [4.69, 9.17) is 0 Å². The van der Waals surface area contributed by atoms with Gasteiger partial charge in [0, 0.05) is 43.5 Å². The summed E-state index contributed by atoms with van der Waals surface area (Å²) in [5.41, 5.74) is 2.10. The van der Waals surface area contributed by atoms with Crippen LogP contribution in [0.25, 0.3) is 10.9 Å². The number of phenolic OH excluding ortho intramolecular Hbond substituents is 1. The van der Waals surface area contributed by atoms with Gasteiger partial charge in [-0.1, -0.05) is 78.3 Å². The molecule has 17 heteroatoms. The van der Waals surface area contributed by atoms with E-state index in [-0.39, 0.29) is 43.9 Å². The molecule has 17 nitrogen and oxygen atoms in total. The summed E-state index contributed by atoms with van der Waals surface area (Å²) >= 11 is 0. The maximum atomic E-state index is 14.6. The number of nitrogens with one attached hydrogen (secondary N) is 7. The van der Waals surface area contributed by atoms with Gasteiger partial charge in [-0.3, -0.25) is 24.0 Å². The summed E-state index contributed by atoms with van der Waals surface area (Å²) in [5, 5.41) is 37.2. The van der Waals surface area contributed by atoms with Crippen LogP contribution in [0.3, 0.4) is 0 Å². The highest BCUT2D eigenvalue weighted by Gasteiger charge is 2.37. The van der Waals surface area contributed by atoms with Gasteiger partial charge in [0.25, 0.3) is 0 Å². The average Bonchev–Trinajstić information content (AvgIpc) is 3.62. The van der Waals surface area contributed by atoms with Crippen LogP contribution in [-0.4, -0.2) is 111 Å². The van der Waals surface area contributed by atoms with E-state index < -0.39 is 89.6 Å². The van der Waals surface area contributed by atoms with E-state index in [1.54, 1.807) is 46.0 Å². The number of amides is 7. The lowest BCUT2D eigenvalue weighted by Gasteiger charge is -2.33. The summed E-state index contributed by atoms with van der Waals surface area (Å²) in [6.45, 7) is 10.8. The highest BCUT2D eigenvalue weighted by Crippen LogP contribution is 2.25. The van der Waals surface area contributed by atoms with Crippen molar-refractivity contribution >= 4 is 52.4 Å². The summed E-state index contributed by atoms with van der Waals surface area (Å²) in [7, 11) is 1.46. The molecule has 0 bridgehead atoms. The number of aliphatic carboxylic acids is 1. The topological polar surface area (TPSA) is 251 Å². The number of H-pyrrole nitrogens is 1. The van der Waals surface area contributed by atoms with E-state index in [1.165, 1.54) is 18.0 Å². The minimum atomic E-state index is -1.23. The van der Waals surface area contributed by atoms with Crippen molar-refractivity contribution in [1.29, 1.82) is 0 Å². The van der Waals surface area contributed by atoms with Crippen LogP contribution in [0, 0.1) is 17.8 Å². The highest BCUT2D eigenvalue weighted by atomic mass is 16.4. The lowest BCUT2D eigenvalue weighted by Crippen LogP contribution is -2.61. The molecular formula is C45H64N8O9. The van der Waals surface area contributed by atoms with Gasteiger partial charge in [0.05, 0.1) is 0 Å². The number of hydrogen-bond acceptors (Lipinski definition) is 8. The second kappa shape index (κ2) is 22.6. The normalized spacial score (nSPS) is 22.4. The van der Waals surface area contributed by atoms with Crippen molar-refractivity contribution in [2.75, 3.05) is 13.6 Å². The molecule has 1 saturated heterocycles. The van der Waals surface area contributed by atoms with Crippen LogP contribution in [0.4, 0.5) is 4.79 Å². The van der Waals surface area contributed by atoms with Crippen LogP contribution in [0.2, 0.25) is 0 Å². The molecule has 9 N–H and O–H groups in total. The molecule has 3 aromatic rings. The van der Waals surface area contributed by atoms with Crippen molar-refractivity contribution < 1.29 is 43.8 Å². The fourth-order valence-electron chi connectivity index (χ4n) is 7.52. The monoisotopic (exact) mass is 860 g/mol. The summed E-state index contributed by atoms with van der Waals surface area (Å²) < 4.78 is 0. The molecule has 2 aromatic carbocycles. The van der Waals surface area contributed by atoms with Gasteiger partial charge in [-0.2, -0.15) is 0 Å². The molecule has 0 aliphatic carbocycles. The number of nitrogens with zero attached hydrogens (tertiary/aromatic N) is 1. The Morgan fingerprint density at radius 1 is 0.855 bits per heavy atom. The van der Waals surface area contributed by atoms with Gasteiger partial charge >= 0.3 is 12.0 Å². The number of carbonyl (C=O) groups excluding carboxylic acids is 6. The molecule has 1 aliphatic rings. The number of likely N-dealkylation sites (N-methyl/N-ethyl adjacent to an activating group) is 1. The Balaban J connectivity index is 1.74. The first-order chi connectivity index (χ1) is 29.4. The zero-order chi connectivity index (χ0) is 45.7. The molecule has 0 radical (unpaired) electrons. The van der Waals surface area contributed by atoms with Crippen LogP contribution < -0.4 is 31.9 Å². The fraction of sp³-hybridized carbons (Fsp3) is 0.533. The molecule has 4 rings (SSSR count). The molecule has 7 amide bonds. The number of aromatic hydroxyl groups is 1. The minimum absolute atomic E-state index is 0.0117. The number of benzene rings is 2. The minimum Gasteiger partial charge on any atom is -0.508 e. The third-order valence-corrected chi connectivity index (χ3v) is 11.4. The molecule has 0 saturated carbocycles. The average molecular weight is 861 g/mol. The van der Waals surface area contributed by atoms with E-state index in [2.05, 4.69) is 36.9 Å². The number of phenols is 1. The number of fused-ring (bicyclic) bond motifs is 1. The summed E-state index contributed by atoms with van der Waals surface area (Å²) in [6, 6.07) is 6.06. The van der Waals surface area contributed by atoms with Crippen molar-refractivity contribution in [3.63, 3.8) is 0 Å². The molecule has 338 valence electrons. The van der Waals surface area contributed by atoms with Gasteiger partial charge in [0.15, 0.2) is 0 Å². The number of aromatic amines is 1. The number of hydrogen-bond donors (Lipinski definition) is 9. The van der Waals surface area contributed by atoms with E-state index in [0.29, 0.717) is 35.7 Å². The van der Waals surface area contributed by atoms with Crippen LogP contribution in [0.15, 0.2) is 54.7 Å². The van der Waals surface area contributed by atoms with E-state index in [1.807, 2.05) is 44.2 Å². The fourth-order valence-corrected chi connectivity index (χ4v) is 7.52. The highest BCUT2D eigenvalue weighted by molar-refractivity contribution is 5.97. The van der Waals surface area contributed by atoms with Gasteiger partial charge in [0.1, 0.15) is 42.0 Å². The Labute approximate surface area is 362 Å². The molecule has 1 aromatic heterocycles. The smallest absolute Gasteiger partial charge is 0.326 e. The van der Waals surface area contributed by atoms with Gasteiger partial charge in [-0.25, -0.2) is 9.59 Å². The lowest BCUT2D eigenvalue weighted by atomic mass is 9.97. The molecule has 2 heterocycles. The SMILES string of the molecule is CC[C@@H](C)C(NC(=O)N[C@H]1CCCCNC(=O)[C@H](Cc2ccccc2)NC(=O)[C@H](Cc2c[nH]c3ccc(O)cc23)N(C)C(=O)[C@H](CC(C)C)NC(=O)[C@@H](C(C)C)NC1=O)C(=O)O. The predicted octanol–water partition coefficient (Wildman–Crippen LogP) is 3.11. The molecular weight excluding hydrogens is 797 g/mol. The number of urea groups is 1.